The van der Waals surface area contributed by atoms with E-state index < -0.39 is 11.5 Å². The molecule has 1 atom stereocenters. The summed E-state index contributed by atoms with van der Waals surface area (Å²) in [4.78, 5) is 11.7. The Morgan fingerprint density at radius 1 is 1.22 bits per heavy atom. The second-order valence-corrected chi connectivity index (χ2v) is 6.79. The van der Waals surface area contributed by atoms with Gasteiger partial charge < -0.3 is 10.8 Å². The number of carbonyl (C=O) groups is 1. The Morgan fingerprint density at radius 2 is 1.72 bits per heavy atom. The molecule has 0 saturated heterocycles. The van der Waals surface area contributed by atoms with Gasteiger partial charge in [0.25, 0.3) is 0 Å². The lowest BCUT2D eigenvalue weighted by molar-refractivity contribution is -0.154. The van der Waals surface area contributed by atoms with Crippen LogP contribution in [0, 0.1) is 29.6 Å². The van der Waals surface area contributed by atoms with Gasteiger partial charge in [0.15, 0.2) is 0 Å². The van der Waals surface area contributed by atoms with Crippen LogP contribution < -0.4 is 5.73 Å². The normalized spacial score (nSPS) is 44.6. The van der Waals surface area contributed by atoms with Crippen molar-refractivity contribution in [1.29, 1.82) is 0 Å². The number of nitrogens with two attached hydrogens (primary N) is 1. The van der Waals surface area contributed by atoms with E-state index >= 15 is 0 Å². The molecule has 3 nitrogen and oxygen atoms in total. The second kappa shape index (κ2) is 4.09. The molecule has 0 radical (unpaired) electrons. The average Bonchev–Trinajstić information content (AvgIpc) is 2.27. The highest BCUT2D eigenvalue weighted by molar-refractivity contribution is 5.79. The first kappa shape index (κ1) is 12.2. The van der Waals surface area contributed by atoms with Crippen molar-refractivity contribution >= 4 is 5.97 Å². The largest absolute Gasteiger partial charge is 0.480 e. The summed E-state index contributed by atoms with van der Waals surface area (Å²) in [6, 6.07) is 0. The van der Waals surface area contributed by atoms with Crippen molar-refractivity contribution in [2.24, 2.45) is 35.3 Å². The summed E-state index contributed by atoms with van der Waals surface area (Å²) in [5.41, 5.74) is 5.23. The Labute approximate surface area is 108 Å². The fourth-order valence-electron chi connectivity index (χ4n) is 5.37. The third kappa shape index (κ3) is 1.63. The van der Waals surface area contributed by atoms with Crippen molar-refractivity contribution in [3.8, 4) is 0 Å². The van der Waals surface area contributed by atoms with Gasteiger partial charge in [0.1, 0.15) is 5.54 Å². The van der Waals surface area contributed by atoms with Crippen LogP contribution in [-0.4, -0.2) is 16.6 Å². The molecule has 1 unspecified atom stereocenters. The van der Waals surface area contributed by atoms with E-state index in [-0.39, 0.29) is 5.92 Å². The van der Waals surface area contributed by atoms with Crippen LogP contribution in [0.3, 0.4) is 0 Å². The molecule has 3 heteroatoms. The van der Waals surface area contributed by atoms with Crippen molar-refractivity contribution < 1.29 is 9.90 Å². The Kier molecular flexibility index (Phi) is 2.77. The number of hydrogen-bond donors (Lipinski definition) is 2. The highest BCUT2D eigenvalue weighted by atomic mass is 16.4. The standard InChI is InChI=1S/C15H23NO2/c1-2-3-15(16,14(17)18)13-11-5-9-4-10(7-11)8-12(13)6-9/h2,9-13H,1,3-8,16H2,(H,17,18). The number of carboxylic acids is 1. The van der Waals surface area contributed by atoms with Gasteiger partial charge >= 0.3 is 5.97 Å². The summed E-state index contributed by atoms with van der Waals surface area (Å²) in [6.45, 7) is 3.70. The van der Waals surface area contributed by atoms with Gasteiger partial charge in [-0.3, -0.25) is 4.79 Å². The van der Waals surface area contributed by atoms with Crippen LogP contribution in [0.25, 0.3) is 0 Å². The van der Waals surface area contributed by atoms with E-state index in [1.54, 1.807) is 6.08 Å². The summed E-state index contributed by atoms with van der Waals surface area (Å²) >= 11 is 0. The fourth-order valence-corrected chi connectivity index (χ4v) is 5.37. The molecule has 0 heterocycles. The molecule has 4 aliphatic carbocycles. The predicted octanol–water partition coefficient (Wildman–Crippen LogP) is 2.42. The molecule has 0 aromatic rings. The average molecular weight is 249 g/mol. The summed E-state index contributed by atoms with van der Waals surface area (Å²) in [5.74, 6) is 2.13. The summed E-state index contributed by atoms with van der Waals surface area (Å²) < 4.78 is 0. The first-order chi connectivity index (χ1) is 8.54. The quantitative estimate of drug-likeness (QED) is 0.752. The van der Waals surface area contributed by atoms with Gasteiger partial charge in [0.05, 0.1) is 0 Å². The minimum atomic E-state index is -1.08. The molecule has 4 aliphatic rings. The molecule has 0 amide bonds. The van der Waals surface area contributed by atoms with Crippen molar-refractivity contribution in [3.05, 3.63) is 12.7 Å². The van der Waals surface area contributed by atoms with Crippen LogP contribution in [0.4, 0.5) is 0 Å². The zero-order chi connectivity index (χ0) is 12.9. The first-order valence-electron chi connectivity index (χ1n) is 7.17. The highest BCUT2D eigenvalue weighted by Crippen LogP contribution is 2.59. The molecule has 0 aromatic heterocycles. The zero-order valence-electron chi connectivity index (χ0n) is 10.8. The van der Waals surface area contributed by atoms with Crippen molar-refractivity contribution in [3.63, 3.8) is 0 Å². The van der Waals surface area contributed by atoms with Crippen LogP contribution in [0.2, 0.25) is 0 Å². The lowest BCUT2D eigenvalue weighted by Gasteiger charge is -2.58. The smallest absolute Gasteiger partial charge is 0.324 e. The van der Waals surface area contributed by atoms with Crippen LogP contribution in [-0.2, 0) is 4.79 Å². The number of rotatable bonds is 4. The molecule has 4 fully saturated rings. The zero-order valence-corrected chi connectivity index (χ0v) is 10.8. The second-order valence-electron chi connectivity index (χ2n) is 6.79. The van der Waals surface area contributed by atoms with Crippen LogP contribution in [0.5, 0.6) is 0 Å². The third-order valence-corrected chi connectivity index (χ3v) is 5.70. The van der Waals surface area contributed by atoms with E-state index in [1.165, 1.54) is 32.1 Å². The first-order valence-corrected chi connectivity index (χ1v) is 7.17. The third-order valence-electron chi connectivity index (χ3n) is 5.70. The van der Waals surface area contributed by atoms with Crippen LogP contribution in [0.15, 0.2) is 12.7 Å². The minimum Gasteiger partial charge on any atom is -0.480 e. The van der Waals surface area contributed by atoms with Gasteiger partial charge in [0.2, 0.25) is 0 Å². The van der Waals surface area contributed by atoms with Gasteiger partial charge in [-0.05, 0) is 68.1 Å². The van der Waals surface area contributed by atoms with E-state index in [4.69, 9.17) is 5.73 Å². The maximum atomic E-state index is 11.7. The molecular weight excluding hydrogens is 226 g/mol. The van der Waals surface area contributed by atoms with Gasteiger partial charge in [-0.1, -0.05) is 6.08 Å². The van der Waals surface area contributed by atoms with Gasteiger partial charge in [-0.2, -0.15) is 0 Å². The molecule has 4 saturated carbocycles. The minimum absolute atomic E-state index is 0.167. The van der Waals surface area contributed by atoms with E-state index in [2.05, 4.69) is 6.58 Å². The Morgan fingerprint density at radius 3 is 2.11 bits per heavy atom. The summed E-state index contributed by atoms with van der Waals surface area (Å²) in [6.07, 6.45) is 8.30. The maximum Gasteiger partial charge on any atom is 0.324 e. The molecular formula is C15H23NO2. The topological polar surface area (TPSA) is 63.3 Å². The molecule has 4 bridgehead atoms. The Bertz CT molecular complexity index is 351. The van der Waals surface area contributed by atoms with Crippen molar-refractivity contribution in [1.82, 2.24) is 0 Å². The summed E-state index contributed by atoms with van der Waals surface area (Å²) in [7, 11) is 0. The van der Waals surface area contributed by atoms with Crippen molar-refractivity contribution in [2.45, 2.75) is 44.1 Å². The lowest BCUT2D eigenvalue weighted by Crippen LogP contribution is -2.62. The molecule has 18 heavy (non-hydrogen) atoms. The summed E-state index contributed by atoms with van der Waals surface area (Å²) in [5, 5.41) is 9.58. The molecule has 4 rings (SSSR count). The van der Waals surface area contributed by atoms with Gasteiger partial charge in [-0.25, -0.2) is 0 Å². The van der Waals surface area contributed by atoms with E-state index in [9.17, 15) is 9.90 Å². The predicted molar refractivity (Wildman–Crippen MR) is 69.9 cm³/mol. The molecule has 100 valence electrons. The SMILES string of the molecule is C=CCC(N)(C(=O)O)C1C2CC3CC(C2)CC1C3. The molecule has 0 aliphatic heterocycles. The molecule has 0 spiro atoms. The fraction of sp³-hybridized carbons (Fsp3) is 0.800. The van der Waals surface area contributed by atoms with E-state index in [0.29, 0.717) is 18.3 Å². The number of aliphatic carboxylic acids is 1. The maximum absolute atomic E-state index is 11.7. The van der Waals surface area contributed by atoms with Crippen LogP contribution in [0.1, 0.15) is 38.5 Å². The van der Waals surface area contributed by atoms with E-state index in [0.717, 1.165) is 11.8 Å². The molecule has 0 aromatic carbocycles. The van der Waals surface area contributed by atoms with Gasteiger partial charge in [-0.15, -0.1) is 6.58 Å². The van der Waals surface area contributed by atoms with Crippen molar-refractivity contribution in [2.75, 3.05) is 0 Å². The number of carboxylic acid groups (broad SMARTS) is 1. The van der Waals surface area contributed by atoms with Crippen LogP contribution >= 0.6 is 0 Å². The monoisotopic (exact) mass is 249 g/mol. The molecule has 3 N–H and O–H groups in total. The lowest BCUT2D eigenvalue weighted by atomic mass is 9.48. The highest BCUT2D eigenvalue weighted by Gasteiger charge is 2.56. The Balaban J connectivity index is 1.91. The van der Waals surface area contributed by atoms with Gasteiger partial charge in [0, 0.05) is 0 Å². The Hall–Kier alpha value is -0.830. The number of hydrogen-bond acceptors (Lipinski definition) is 2. The van der Waals surface area contributed by atoms with E-state index in [1.807, 2.05) is 0 Å².